The molecule has 1 aromatic carbocycles. The van der Waals surface area contributed by atoms with Crippen molar-refractivity contribution in [2.24, 2.45) is 5.92 Å². The van der Waals surface area contributed by atoms with Gasteiger partial charge in [0.25, 0.3) is 0 Å². The van der Waals surface area contributed by atoms with Gasteiger partial charge in [0.1, 0.15) is 0 Å². The lowest BCUT2D eigenvalue weighted by molar-refractivity contribution is -0.137. The van der Waals surface area contributed by atoms with Crippen molar-refractivity contribution < 1.29 is 18.0 Å². The topological polar surface area (TPSA) is 46.3 Å². The molecule has 0 unspecified atom stereocenters. The summed E-state index contributed by atoms with van der Waals surface area (Å²) in [6, 6.07) is 3.43. The summed E-state index contributed by atoms with van der Waals surface area (Å²) in [5.74, 6) is -0.546. The fourth-order valence-corrected chi connectivity index (χ4v) is 1.51. The summed E-state index contributed by atoms with van der Waals surface area (Å²) in [7, 11) is 1.44. The number of nitrogen functional groups attached to an aromatic ring is 1. The molecule has 0 saturated heterocycles. The highest BCUT2D eigenvalue weighted by Crippen LogP contribution is 2.35. The Labute approximate surface area is 103 Å². The Balaban J connectivity index is 3.17. The van der Waals surface area contributed by atoms with Crippen LogP contribution < -0.4 is 10.6 Å². The molecule has 0 saturated carbocycles. The molecular weight excluding hydrogens is 245 g/mol. The van der Waals surface area contributed by atoms with E-state index in [9.17, 15) is 18.0 Å². The van der Waals surface area contributed by atoms with E-state index in [4.69, 9.17) is 5.73 Å². The van der Waals surface area contributed by atoms with E-state index in [0.29, 0.717) is 0 Å². The maximum absolute atomic E-state index is 12.7. The quantitative estimate of drug-likeness (QED) is 0.831. The van der Waals surface area contributed by atoms with E-state index in [1.807, 2.05) is 0 Å². The second-order valence-electron chi connectivity index (χ2n) is 4.32. The zero-order chi connectivity index (χ0) is 14.1. The monoisotopic (exact) mass is 260 g/mol. The van der Waals surface area contributed by atoms with Crippen LogP contribution in [-0.2, 0) is 11.0 Å². The molecule has 0 aliphatic carbocycles. The van der Waals surface area contributed by atoms with Crippen molar-refractivity contribution in [2.45, 2.75) is 20.0 Å². The minimum atomic E-state index is -4.53. The van der Waals surface area contributed by atoms with E-state index < -0.39 is 11.7 Å². The second kappa shape index (κ2) is 4.88. The van der Waals surface area contributed by atoms with Crippen LogP contribution >= 0.6 is 0 Å². The standard InChI is InChI=1S/C12H15F3N2O/c1-7(2)11(18)17(3)8-4-5-10(16)9(6-8)12(13,14)15/h4-7H,16H2,1-3H3. The molecule has 0 heterocycles. The van der Waals surface area contributed by atoms with Gasteiger partial charge >= 0.3 is 6.18 Å². The second-order valence-corrected chi connectivity index (χ2v) is 4.32. The van der Waals surface area contributed by atoms with E-state index in [2.05, 4.69) is 0 Å². The number of nitrogens with two attached hydrogens (primary N) is 1. The summed E-state index contributed by atoms with van der Waals surface area (Å²) in [5, 5.41) is 0. The Kier molecular flexibility index (Phi) is 3.88. The highest BCUT2D eigenvalue weighted by Gasteiger charge is 2.33. The largest absolute Gasteiger partial charge is 0.418 e. The maximum atomic E-state index is 12.7. The third-order valence-corrected chi connectivity index (χ3v) is 2.55. The molecule has 18 heavy (non-hydrogen) atoms. The predicted molar refractivity (Wildman–Crippen MR) is 64.1 cm³/mol. The van der Waals surface area contributed by atoms with E-state index in [1.54, 1.807) is 13.8 Å². The van der Waals surface area contributed by atoms with Crippen LogP contribution in [0, 0.1) is 5.92 Å². The first kappa shape index (κ1) is 14.3. The number of amides is 1. The molecule has 0 aromatic heterocycles. The molecular formula is C12H15F3N2O. The van der Waals surface area contributed by atoms with Crippen LogP contribution in [0.2, 0.25) is 0 Å². The molecule has 0 aliphatic rings. The molecule has 0 fully saturated rings. The summed E-state index contributed by atoms with van der Waals surface area (Å²) in [5.41, 5.74) is 4.19. The fraction of sp³-hybridized carbons (Fsp3) is 0.417. The number of anilines is 2. The molecule has 0 bridgehead atoms. The van der Waals surface area contributed by atoms with Gasteiger partial charge in [0.05, 0.1) is 5.56 Å². The van der Waals surface area contributed by atoms with Gasteiger partial charge in [0, 0.05) is 24.3 Å². The highest BCUT2D eigenvalue weighted by atomic mass is 19.4. The van der Waals surface area contributed by atoms with Crippen LogP contribution in [0.15, 0.2) is 18.2 Å². The predicted octanol–water partition coefficient (Wildman–Crippen LogP) is 2.91. The van der Waals surface area contributed by atoms with Gasteiger partial charge in [-0.3, -0.25) is 4.79 Å². The van der Waals surface area contributed by atoms with Crippen molar-refractivity contribution in [3.8, 4) is 0 Å². The molecule has 1 rings (SSSR count). The van der Waals surface area contributed by atoms with Gasteiger partial charge in [-0.1, -0.05) is 13.8 Å². The van der Waals surface area contributed by atoms with Gasteiger partial charge in [-0.05, 0) is 18.2 Å². The fourth-order valence-electron chi connectivity index (χ4n) is 1.51. The Morgan fingerprint density at radius 3 is 2.33 bits per heavy atom. The van der Waals surface area contributed by atoms with Crippen molar-refractivity contribution in [1.29, 1.82) is 0 Å². The normalized spacial score (nSPS) is 11.7. The number of carbonyl (C=O) groups excluding carboxylic acids is 1. The first-order valence-corrected chi connectivity index (χ1v) is 5.39. The first-order valence-electron chi connectivity index (χ1n) is 5.39. The van der Waals surface area contributed by atoms with Crippen LogP contribution in [0.25, 0.3) is 0 Å². The lowest BCUT2D eigenvalue weighted by Gasteiger charge is -2.21. The third kappa shape index (κ3) is 2.94. The molecule has 1 aromatic rings. The van der Waals surface area contributed by atoms with E-state index in [-0.39, 0.29) is 23.2 Å². The van der Waals surface area contributed by atoms with E-state index in [1.165, 1.54) is 18.0 Å². The Hall–Kier alpha value is -1.72. The average Bonchev–Trinajstić information content (AvgIpc) is 2.26. The summed E-state index contributed by atoms with van der Waals surface area (Å²) in [6.07, 6.45) is -4.53. The molecule has 3 nitrogen and oxygen atoms in total. The summed E-state index contributed by atoms with van der Waals surface area (Å²) >= 11 is 0. The lowest BCUT2D eigenvalue weighted by atomic mass is 10.1. The number of hydrogen-bond acceptors (Lipinski definition) is 2. The maximum Gasteiger partial charge on any atom is 0.418 e. The Morgan fingerprint density at radius 2 is 1.89 bits per heavy atom. The van der Waals surface area contributed by atoms with Gasteiger partial charge < -0.3 is 10.6 Å². The first-order chi connectivity index (χ1) is 8.14. The minimum Gasteiger partial charge on any atom is -0.398 e. The number of nitrogens with zero attached hydrogens (tertiary/aromatic N) is 1. The number of rotatable bonds is 2. The van der Waals surface area contributed by atoms with Gasteiger partial charge in [0.2, 0.25) is 5.91 Å². The number of halogens is 3. The zero-order valence-electron chi connectivity index (χ0n) is 10.4. The third-order valence-electron chi connectivity index (χ3n) is 2.55. The van der Waals surface area contributed by atoms with Crippen LogP contribution in [0.5, 0.6) is 0 Å². The van der Waals surface area contributed by atoms with Crippen molar-refractivity contribution in [3.63, 3.8) is 0 Å². The molecule has 0 atom stereocenters. The molecule has 6 heteroatoms. The van der Waals surface area contributed by atoms with Crippen LogP contribution in [0.3, 0.4) is 0 Å². The summed E-state index contributed by atoms with van der Waals surface area (Å²) in [6.45, 7) is 3.36. The molecule has 0 radical (unpaired) electrons. The van der Waals surface area contributed by atoms with Crippen molar-refractivity contribution in [3.05, 3.63) is 23.8 Å². The number of benzene rings is 1. The van der Waals surface area contributed by atoms with Crippen LogP contribution in [0.1, 0.15) is 19.4 Å². The lowest BCUT2D eigenvalue weighted by Crippen LogP contribution is -2.30. The number of alkyl halides is 3. The summed E-state index contributed by atoms with van der Waals surface area (Å²) in [4.78, 5) is 12.9. The van der Waals surface area contributed by atoms with Crippen molar-refractivity contribution in [2.75, 3.05) is 17.7 Å². The van der Waals surface area contributed by atoms with Gasteiger partial charge in [-0.25, -0.2) is 0 Å². The summed E-state index contributed by atoms with van der Waals surface area (Å²) < 4.78 is 38.0. The van der Waals surface area contributed by atoms with Crippen LogP contribution in [0.4, 0.5) is 24.5 Å². The molecule has 100 valence electrons. The molecule has 0 spiro atoms. The Bertz CT molecular complexity index is 455. The van der Waals surface area contributed by atoms with E-state index in [0.717, 1.165) is 12.1 Å². The smallest absolute Gasteiger partial charge is 0.398 e. The number of hydrogen-bond donors (Lipinski definition) is 1. The van der Waals surface area contributed by atoms with Crippen LogP contribution in [-0.4, -0.2) is 13.0 Å². The molecule has 2 N–H and O–H groups in total. The van der Waals surface area contributed by atoms with Crippen molar-refractivity contribution >= 4 is 17.3 Å². The molecule has 1 amide bonds. The SMILES string of the molecule is CC(C)C(=O)N(C)c1ccc(N)c(C(F)(F)F)c1. The number of carbonyl (C=O) groups is 1. The Morgan fingerprint density at radius 1 is 1.33 bits per heavy atom. The van der Waals surface area contributed by atoms with Crippen molar-refractivity contribution in [1.82, 2.24) is 0 Å². The minimum absolute atomic E-state index is 0.176. The highest BCUT2D eigenvalue weighted by molar-refractivity contribution is 5.94. The van der Waals surface area contributed by atoms with Gasteiger partial charge in [-0.2, -0.15) is 13.2 Å². The zero-order valence-corrected chi connectivity index (χ0v) is 10.4. The van der Waals surface area contributed by atoms with Gasteiger partial charge in [0.15, 0.2) is 0 Å². The average molecular weight is 260 g/mol. The van der Waals surface area contributed by atoms with E-state index >= 15 is 0 Å². The van der Waals surface area contributed by atoms with Gasteiger partial charge in [-0.15, -0.1) is 0 Å². The molecule has 0 aliphatic heterocycles.